The molecular formula is C26H26N2O6. The number of rotatable bonds is 7. The monoisotopic (exact) mass is 462 g/mol. The Labute approximate surface area is 197 Å². The molecule has 0 spiro atoms. The van der Waals surface area contributed by atoms with E-state index in [-0.39, 0.29) is 16.8 Å². The van der Waals surface area contributed by atoms with Crippen molar-refractivity contribution in [3.05, 3.63) is 104 Å². The van der Waals surface area contributed by atoms with E-state index >= 15 is 0 Å². The van der Waals surface area contributed by atoms with E-state index in [4.69, 9.17) is 9.47 Å². The number of hydrogen-bond donors (Lipinski definition) is 1. The van der Waals surface area contributed by atoms with Crippen LogP contribution in [0.25, 0.3) is 6.08 Å². The molecule has 3 rings (SSSR count). The van der Waals surface area contributed by atoms with E-state index < -0.39 is 28.9 Å². The molecule has 34 heavy (non-hydrogen) atoms. The lowest BCUT2D eigenvalue weighted by atomic mass is 9.80. The first-order valence-electron chi connectivity index (χ1n) is 10.7. The van der Waals surface area contributed by atoms with Crippen LogP contribution in [0.1, 0.15) is 37.8 Å². The van der Waals surface area contributed by atoms with Gasteiger partial charge in [0, 0.05) is 23.5 Å². The van der Waals surface area contributed by atoms with Crippen LogP contribution in [0.4, 0.5) is 5.69 Å². The maximum absolute atomic E-state index is 13.3. The van der Waals surface area contributed by atoms with Crippen LogP contribution in [-0.2, 0) is 19.1 Å². The molecule has 8 heteroatoms. The number of nitro benzene ring substituents is 1. The van der Waals surface area contributed by atoms with Crippen LogP contribution >= 0.6 is 0 Å². The molecule has 0 radical (unpaired) electrons. The van der Waals surface area contributed by atoms with E-state index in [1.54, 1.807) is 32.9 Å². The zero-order valence-corrected chi connectivity index (χ0v) is 19.4. The Morgan fingerprint density at radius 1 is 1.03 bits per heavy atom. The van der Waals surface area contributed by atoms with Crippen LogP contribution in [-0.4, -0.2) is 30.1 Å². The number of esters is 2. The molecule has 8 nitrogen and oxygen atoms in total. The highest BCUT2D eigenvalue weighted by Gasteiger charge is 2.38. The normalized spacial score (nSPS) is 16.8. The number of nitro groups is 1. The molecule has 176 valence electrons. The summed E-state index contributed by atoms with van der Waals surface area (Å²) in [6.07, 6.45) is 3.04. The summed E-state index contributed by atoms with van der Waals surface area (Å²) >= 11 is 0. The Balaban J connectivity index is 1.99. The van der Waals surface area contributed by atoms with Gasteiger partial charge in [-0.3, -0.25) is 10.1 Å². The summed E-state index contributed by atoms with van der Waals surface area (Å²) < 4.78 is 10.6. The maximum Gasteiger partial charge on any atom is 0.337 e. The molecule has 2 aromatic carbocycles. The highest BCUT2D eigenvalue weighted by atomic mass is 16.6. The molecule has 0 fully saturated rings. The van der Waals surface area contributed by atoms with Gasteiger partial charge in [0.2, 0.25) is 0 Å². The van der Waals surface area contributed by atoms with Gasteiger partial charge in [-0.25, -0.2) is 9.59 Å². The van der Waals surface area contributed by atoms with Gasteiger partial charge < -0.3 is 14.8 Å². The van der Waals surface area contributed by atoms with Crippen LogP contribution in [0.2, 0.25) is 0 Å². The van der Waals surface area contributed by atoms with Crippen LogP contribution < -0.4 is 5.32 Å². The highest BCUT2D eigenvalue weighted by Crippen LogP contribution is 2.40. The number of dihydropyridines is 1. The van der Waals surface area contributed by atoms with Gasteiger partial charge in [-0.05, 0) is 38.0 Å². The number of hydrogen-bond acceptors (Lipinski definition) is 7. The number of allylic oxidation sites excluding steroid dienone is 2. The van der Waals surface area contributed by atoms with Gasteiger partial charge in [0.25, 0.3) is 5.69 Å². The standard InChI is InChI=1S/C26H26N2O6/c1-16(13-14-19-9-6-5-7-10-19)34-26(30)23-18(3)27-17(2)22(25(29)33-4)24(23)20-11-8-12-21(15-20)28(31)32/h5-16,24,27H,1-4H3/b14-13+. The van der Waals surface area contributed by atoms with Crippen molar-refractivity contribution in [2.24, 2.45) is 0 Å². The van der Waals surface area contributed by atoms with Crippen LogP contribution in [0.3, 0.4) is 0 Å². The molecule has 0 bridgehead atoms. The molecule has 0 saturated heterocycles. The number of carbonyl (C=O) groups excluding carboxylic acids is 2. The lowest BCUT2D eigenvalue weighted by Crippen LogP contribution is -2.33. The van der Waals surface area contributed by atoms with Crippen molar-refractivity contribution in [3.8, 4) is 0 Å². The second-order valence-corrected chi connectivity index (χ2v) is 7.86. The average Bonchev–Trinajstić information content (AvgIpc) is 2.82. The second-order valence-electron chi connectivity index (χ2n) is 7.86. The summed E-state index contributed by atoms with van der Waals surface area (Å²) in [4.78, 5) is 36.9. The number of nitrogens with zero attached hydrogens (tertiary/aromatic N) is 1. The van der Waals surface area contributed by atoms with E-state index in [9.17, 15) is 19.7 Å². The second kappa shape index (κ2) is 10.6. The lowest BCUT2D eigenvalue weighted by molar-refractivity contribution is -0.384. The predicted molar refractivity (Wildman–Crippen MR) is 127 cm³/mol. The molecule has 1 heterocycles. The molecule has 0 aliphatic carbocycles. The zero-order chi connectivity index (χ0) is 24.8. The SMILES string of the molecule is COC(=O)C1=C(C)NC(C)=C(C(=O)OC(C)/C=C/c2ccccc2)C1c1cccc([N+](=O)[O-])c1. The van der Waals surface area contributed by atoms with Gasteiger partial charge in [0.1, 0.15) is 6.10 Å². The minimum atomic E-state index is -0.897. The summed E-state index contributed by atoms with van der Waals surface area (Å²) in [6, 6.07) is 15.4. The average molecular weight is 463 g/mol. The van der Waals surface area contributed by atoms with E-state index in [0.717, 1.165) is 5.56 Å². The topological polar surface area (TPSA) is 108 Å². The molecule has 1 N–H and O–H groups in total. The minimum Gasteiger partial charge on any atom is -0.466 e. The highest BCUT2D eigenvalue weighted by molar-refractivity contribution is 6.00. The van der Waals surface area contributed by atoms with Crippen LogP contribution in [0, 0.1) is 10.1 Å². The van der Waals surface area contributed by atoms with Gasteiger partial charge in [-0.15, -0.1) is 0 Å². The summed E-state index contributed by atoms with van der Waals surface area (Å²) in [5.41, 5.74) is 2.58. The first-order valence-corrected chi connectivity index (χ1v) is 10.7. The van der Waals surface area contributed by atoms with E-state index in [1.807, 2.05) is 36.4 Å². The Bertz CT molecular complexity index is 1200. The van der Waals surface area contributed by atoms with Crippen molar-refractivity contribution in [1.29, 1.82) is 0 Å². The maximum atomic E-state index is 13.3. The summed E-state index contributed by atoms with van der Waals surface area (Å²) in [5.74, 6) is -2.18. The summed E-state index contributed by atoms with van der Waals surface area (Å²) in [5, 5.41) is 14.4. The molecule has 0 saturated carbocycles. The first-order chi connectivity index (χ1) is 16.2. The molecule has 0 amide bonds. The quantitative estimate of drug-likeness (QED) is 0.363. The number of non-ortho nitro benzene ring substituents is 1. The fourth-order valence-corrected chi connectivity index (χ4v) is 3.88. The Kier molecular flexibility index (Phi) is 7.63. The van der Waals surface area contributed by atoms with Crippen molar-refractivity contribution in [3.63, 3.8) is 0 Å². The third-order valence-corrected chi connectivity index (χ3v) is 5.45. The van der Waals surface area contributed by atoms with Crippen molar-refractivity contribution in [1.82, 2.24) is 5.32 Å². The Morgan fingerprint density at radius 2 is 1.68 bits per heavy atom. The largest absolute Gasteiger partial charge is 0.466 e. The predicted octanol–water partition coefficient (Wildman–Crippen LogP) is 4.65. The molecule has 2 unspecified atom stereocenters. The van der Waals surface area contributed by atoms with E-state index in [2.05, 4.69) is 5.32 Å². The van der Waals surface area contributed by atoms with Gasteiger partial charge in [0.15, 0.2) is 0 Å². The minimum absolute atomic E-state index is 0.151. The molecule has 1 aliphatic heterocycles. The number of methoxy groups -OCH3 is 1. The number of ether oxygens (including phenoxy) is 2. The van der Waals surface area contributed by atoms with Crippen LogP contribution in [0.5, 0.6) is 0 Å². The Morgan fingerprint density at radius 3 is 2.29 bits per heavy atom. The fourth-order valence-electron chi connectivity index (χ4n) is 3.88. The van der Waals surface area contributed by atoms with Gasteiger partial charge >= 0.3 is 11.9 Å². The lowest BCUT2D eigenvalue weighted by Gasteiger charge is -2.30. The van der Waals surface area contributed by atoms with Gasteiger partial charge in [-0.1, -0.05) is 48.5 Å². The first kappa shape index (κ1) is 24.4. The smallest absolute Gasteiger partial charge is 0.337 e. The third kappa shape index (κ3) is 5.40. The van der Waals surface area contributed by atoms with Crippen molar-refractivity contribution >= 4 is 23.7 Å². The van der Waals surface area contributed by atoms with Crippen molar-refractivity contribution < 1.29 is 24.0 Å². The van der Waals surface area contributed by atoms with Gasteiger partial charge in [-0.2, -0.15) is 0 Å². The zero-order valence-electron chi connectivity index (χ0n) is 19.4. The third-order valence-electron chi connectivity index (χ3n) is 5.45. The Hall–Kier alpha value is -4.20. The molecule has 2 atom stereocenters. The van der Waals surface area contributed by atoms with Crippen LogP contribution in [0.15, 0.2) is 83.2 Å². The number of benzene rings is 2. The number of nitrogens with one attached hydrogen (secondary N) is 1. The molecular weight excluding hydrogens is 436 g/mol. The van der Waals surface area contributed by atoms with Crippen molar-refractivity contribution in [2.75, 3.05) is 7.11 Å². The molecule has 1 aliphatic rings. The molecule has 0 aromatic heterocycles. The summed E-state index contributed by atoms with van der Waals surface area (Å²) in [6.45, 7) is 5.12. The molecule has 2 aromatic rings. The van der Waals surface area contributed by atoms with E-state index in [1.165, 1.54) is 25.3 Å². The van der Waals surface area contributed by atoms with Gasteiger partial charge in [0.05, 0.1) is 29.1 Å². The fraction of sp³-hybridized carbons (Fsp3) is 0.231. The summed E-state index contributed by atoms with van der Waals surface area (Å²) in [7, 11) is 1.24. The van der Waals surface area contributed by atoms with E-state index in [0.29, 0.717) is 17.0 Å². The van der Waals surface area contributed by atoms with Crippen molar-refractivity contribution in [2.45, 2.75) is 32.8 Å². The number of carbonyl (C=O) groups is 2.